The van der Waals surface area contributed by atoms with E-state index in [1.807, 2.05) is 0 Å². The van der Waals surface area contributed by atoms with Crippen molar-refractivity contribution in [1.29, 1.82) is 0 Å². The Morgan fingerprint density at radius 2 is 2.18 bits per heavy atom. The maximum absolute atomic E-state index is 13.7. The Labute approximate surface area is 102 Å². The van der Waals surface area contributed by atoms with Crippen molar-refractivity contribution < 1.29 is 9.18 Å². The first-order valence-electron chi connectivity index (χ1n) is 4.92. The molecule has 0 aliphatic rings. The smallest absolute Gasteiger partial charge is 0.161 e. The first-order chi connectivity index (χ1) is 8.18. The minimum absolute atomic E-state index is 0.166. The molecule has 0 unspecified atom stereocenters. The first-order valence-corrected chi connectivity index (χ1v) is 5.73. The SMILES string of the molecule is CC(=O)c1cccc(F)c1Sc1ccncn1. The van der Waals surface area contributed by atoms with E-state index in [1.165, 1.54) is 25.4 Å². The minimum atomic E-state index is -0.415. The quantitative estimate of drug-likeness (QED) is 0.618. The van der Waals surface area contributed by atoms with Crippen molar-refractivity contribution in [3.8, 4) is 0 Å². The number of carbonyl (C=O) groups excluding carboxylic acids is 1. The molecule has 0 saturated carbocycles. The van der Waals surface area contributed by atoms with Gasteiger partial charge in [-0.3, -0.25) is 4.79 Å². The fraction of sp³-hybridized carbons (Fsp3) is 0.0833. The summed E-state index contributed by atoms with van der Waals surface area (Å²) in [4.78, 5) is 19.5. The van der Waals surface area contributed by atoms with Crippen LogP contribution in [0.3, 0.4) is 0 Å². The van der Waals surface area contributed by atoms with Crippen molar-refractivity contribution in [2.45, 2.75) is 16.8 Å². The van der Waals surface area contributed by atoms with E-state index in [9.17, 15) is 9.18 Å². The van der Waals surface area contributed by atoms with Gasteiger partial charge in [-0.25, -0.2) is 14.4 Å². The molecule has 0 atom stereocenters. The summed E-state index contributed by atoms with van der Waals surface area (Å²) < 4.78 is 13.7. The lowest BCUT2D eigenvalue weighted by Gasteiger charge is -2.06. The first kappa shape index (κ1) is 11.7. The lowest BCUT2D eigenvalue weighted by Crippen LogP contribution is -1.97. The molecule has 0 radical (unpaired) electrons. The number of rotatable bonds is 3. The third-order valence-electron chi connectivity index (χ3n) is 2.11. The summed E-state index contributed by atoms with van der Waals surface area (Å²) in [7, 11) is 0. The molecular weight excluding hydrogens is 239 g/mol. The van der Waals surface area contributed by atoms with Crippen LogP contribution in [-0.4, -0.2) is 15.8 Å². The van der Waals surface area contributed by atoms with Crippen LogP contribution in [0.1, 0.15) is 17.3 Å². The van der Waals surface area contributed by atoms with E-state index in [-0.39, 0.29) is 5.78 Å². The van der Waals surface area contributed by atoms with Gasteiger partial charge in [-0.05, 0) is 19.1 Å². The highest BCUT2D eigenvalue weighted by Crippen LogP contribution is 2.31. The highest BCUT2D eigenvalue weighted by atomic mass is 32.2. The molecule has 0 aliphatic heterocycles. The summed E-state index contributed by atoms with van der Waals surface area (Å²) in [6, 6.07) is 6.13. The van der Waals surface area contributed by atoms with Crippen molar-refractivity contribution in [2.75, 3.05) is 0 Å². The van der Waals surface area contributed by atoms with Crippen molar-refractivity contribution in [3.63, 3.8) is 0 Å². The maximum Gasteiger partial charge on any atom is 0.161 e. The molecule has 0 spiro atoms. The van der Waals surface area contributed by atoms with E-state index >= 15 is 0 Å². The standard InChI is InChI=1S/C12H9FN2OS/c1-8(16)9-3-2-4-10(13)12(9)17-11-5-6-14-7-15-11/h2-7H,1H3. The van der Waals surface area contributed by atoms with Gasteiger partial charge in [0.1, 0.15) is 17.2 Å². The highest BCUT2D eigenvalue weighted by molar-refractivity contribution is 7.99. The number of hydrogen-bond donors (Lipinski definition) is 0. The molecule has 2 rings (SSSR count). The maximum atomic E-state index is 13.7. The molecule has 0 N–H and O–H groups in total. The lowest BCUT2D eigenvalue weighted by atomic mass is 10.1. The molecule has 17 heavy (non-hydrogen) atoms. The average molecular weight is 248 g/mol. The number of halogens is 1. The van der Waals surface area contributed by atoms with Crippen LogP contribution < -0.4 is 0 Å². The number of benzene rings is 1. The molecule has 1 heterocycles. The Morgan fingerprint density at radius 3 is 2.82 bits per heavy atom. The van der Waals surface area contributed by atoms with Gasteiger partial charge in [-0.2, -0.15) is 0 Å². The molecule has 2 aromatic rings. The zero-order valence-corrected chi connectivity index (χ0v) is 9.87. The Kier molecular flexibility index (Phi) is 3.49. The second-order valence-corrected chi connectivity index (χ2v) is 4.35. The fourth-order valence-electron chi connectivity index (χ4n) is 1.33. The summed E-state index contributed by atoms with van der Waals surface area (Å²) in [5.74, 6) is -0.581. The van der Waals surface area contributed by atoms with Crippen molar-refractivity contribution in [2.24, 2.45) is 0 Å². The molecule has 86 valence electrons. The van der Waals surface area contributed by atoms with E-state index in [2.05, 4.69) is 9.97 Å². The predicted octanol–water partition coefficient (Wildman–Crippen LogP) is 2.97. The highest BCUT2D eigenvalue weighted by Gasteiger charge is 2.13. The van der Waals surface area contributed by atoms with Crippen molar-refractivity contribution in [3.05, 3.63) is 48.2 Å². The van der Waals surface area contributed by atoms with Crippen LogP contribution in [0.5, 0.6) is 0 Å². The van der Waals surface area contributed by atoms with E-state index in [1.54, 1.807) is 18.3 Å². The van der Waals surface area contributed by atoms with Gasteiger partial charge >= 0.3 is 0 Å². The van der Waals surface area contributed by atoms with Crippen LogP contribution >= 0.6 is 11.8 Å². The number of hydrogen-bond acceptors (Lipinski definition) is 4. The van der Waals surface area contributed by atoms with E-state index in [0.717, 1.165) is 11.8 Å². The topological polar surface area (TPSA) is 42.9 Å². The van der Waals surface area contributed by atoms with Crippen LogP contribution in [0.4, 0.5) is 4.39 Å². The Bertz CT molecular complexity index is 545. The molecule has 0 aliphatic carbocycles. The van der Waals surface area contributed by atoms with Gasteiger partial charge in [0, 0.05) is 11.8 Å². The Hall–Kier alpha value is -1.75. The molecule has 0 amide bonds. The van der Waals surface area contributed by atoms with Gasteiger partial charge in [0.25, 0.3) is 0 Å². The number of nitrogens with zero attached hydrogens (tertiary/aromatic N) is 2. The van der Waals surface area contributed by atoms with Gasteiger partial charge < -0.3 is 0 Å². The zero-order valence-electron chi connectivity index (χ0n) is 9.05. The molecular formula is C12H9FN2OS. The molecule has 1 aromatic heterocycles. The van der Waals surface area contributed by atoms with E-state index in [4.69, 9.17) is 0 Å². The Balaban J connectivity index is 2.41. The fourth-order valence-corrected chi connectivity index (χ4v) is 2.26. The largest absolute Gasteiger partial charge is 0.294 e. The van der Waals surface area contributed by atoms with Crippen LogP contribution in [0.15, 0.2) is 46.7 Å². The van der Waals surface area contributed by atoms with Gasteiger partial charge in [0.05, 0.1) is 4.90 Å². The molecule has 0 bridgehead atoms. The van der Waals surface area contributed by atoms with Crippen LogP contribution in [-0.2, 0) is 0 Å². The molecule has 3 nitrogen and oxygen atoms in total. The summed E-state index contributed by atoms with van der Waals surface area (Å²) in [5, 5.41) is 0.604. The lowest BCUT2D eigenvalue weighted by molar-refractivity contribution is 0.101. The van der Waals surface area contributed by atoms with Crippen molar-refractivity contribution >= 4 is 17.5 Å². The van der Waals surface area contributed by atoms with Crippen LogP contribution in [0.25, 0.3) is 0 Å². The van der Waals surface area contributed by atoms with Crippen molar-refractivity contribution in [1.82, 2.24) is 9.97 Å². The second-order valence-electron chi connectivity index (χ2n) is 3.32. The van der Waals surface area contributed by atoms with Gasteiger partial charge in [0.15, 0.2) is 5.78 Å². The summed E-state index contributed by atoms with van der Waals surface area (Å²) >= 11 is 1.12. The third-order valence-corrected chi connectivity index (χ3v) is 3.18. The second kappa shape index (κ2) is 5.05. The minimum Gasteiger partial charge on any atom is -0.294 e. The van der Waals surface area contributed by atoms with Crippen LogP contribution in [0, 0.1) is 5.82 Å². The Morgan fingerprint density at radius 1 is 1.35 bits per heavy atom. The number of ketones is 1. The zero-order chi connectivity index (χ0) is 12.3. The summed E-state index contributed by atoms with van der Waals surface area (Å²) in [6.45, 7) is 1.42. The number of carbonyl (C=O) groups is 1. The average Bonchev–Trinajstić information content (AvgIpc) is 2.33. The number of aromatic nitrogens is 2. The van der Waals surface area contributed by atoms with Crippen LogP contribution in [0.2, 0.25) is 0 Å². The normalized spacial score (nSPS) is 10.2. The van der Waals surface area contributed by atoms with Gasteiger partial charge in [-0.1, -0.05) is 23.9 Å². The van der Waals surface area contributed by atoms with E-state index in [0.29, 0.717) is 15.5 Å². The summed E-state index contributed by atoms with van der Waals surface area (Å²) in [5.41, 5.74) is 0.369. The summed E-state index contributed by atoms with van der Waals surface area (Å²) in [6.07, 6.45) is 2.96. The van der Waals surface area contributed by atoms with Gasteiger partial charge in [-0.15, -0.1) is 0 Å². The molecule has 0 saturated heterocycles. The van der Waals surface area contributed by atoms with E-state index < -0.39 is 5.82 Å². The monoisotopic (exact) mass is 248 g/mol. The molecule has 0 fully saturated rings. The predicted molar refractivity (Wildman–Crippen MR) is 62.6 cm³/mol. The van der Waals surface area contributed by atoms with Gasteiger partial charge in [0.2, 0.25) is 0 Å². The number of Topliss-reactive ketones (excluding diaryl/α,β-unsaturated/α-hetero) is 1. The molecule has 1 aromatic carbocycles. The molecule has 5 heteroatoms. The third kappa shape index (κ3) is 2.68.